The lowest BCUT2D eigenvalue weighted by Gasteiger charge is -2.28. The number of hydrogen-bond acceptors (Lipinski definition) is 4. The second kappa shape index (κ2) is 6.07. The molecule has 2 aromatic heterocycles. The van der Waals surface area contributed by atoms with Crippen molar-refractivity contribution in [2.75, 3.05) is 6.54 Å². The number of fused-ring (bicyclic) bond motifs is 1. The fraction of sp³-hybridized carbons (Fsp3) is 0.176. The number of amides is 1. The van der Waals surface area contributed by atoms with Gasteiger partial charge in [0.1, 0.15) is 10.7 Å². The van der Waals surface area contributed by atoms with Gasteiger partial charge in [-0.3, -0.25) is 4.79 Å². The third kappa shape index (κ3) is 2.92. The lowest BCUT2D eigenvalue weighted by Crippen LogP contribution is -2.36. The van der Waals surface area contributed by atoms with Gasteiger partial charge >= 0.3 is 0 Å². The Labute approximate surface area is 147 Å². The normalized spacial score (nSPS) is 13.9. The number of halogens is 1. The molecule has 1 aromatic carbocycles. The molecule has 0 spiro atoms. The molecule has 1 aliphatic heterocycles. The highest BCUT2D eigenvalue weighted by Gasteiger charge is 2.23. The lowest BCUT2D eigenvalue weighted by atomic mass is 10.00. The van der Waals surface area contributed by atoms with Crippen LogP contribution in [0.25, 0.3) is 9.88 Å². The maximum atomic E-state index is 12.7. The van der Waals surface area contributed by atoms with Crippen molar-refractivity contribution in [2.45, 2.75) is 13.0 Å². The molecule has 0 atom stereocenters. The maximum absolute atomic E-state index is 12.7. The van der Waals surface area contributed by atoms with E-state index in [1.54, 1.807) is 0 Å². The van der Waals surface area contributed by atoms with Crippen molar-refractivity contribution in [3.63, 3.8) is 0 Å². The van der Waals surface area contributed by atoms with Crippen LogP contribution in [0.15, 0.2) is 41.8 Å². The first kappa shape index (κ1) is 14.9. The maximum Gasteiger partial charge on any atom is 0.273 e. The Morgan fingerprint density at radius 1 is 1.17 bits per heavy atom. The molecule has 3 nitrogen and oxygen atoms in total. The van der Waals surface area contributed by atoms with Crippen LogP contribution in [-0.2, 0) is 13.0 Å². The monoisotopic (exact) mass is 360 g/mol. The van der Waals surface area contributed by atoms with Gasteiger partial charge in [0.2, 0.25) is 0 Å². The van der Waals surface area contributed by atoms with Gasteiger partial charge in [0, 0.05) is 18.5 Å². The van der Waals surface area contributed by atoms with Gasteiger partial charge in [-0.05, 0) is 29.7 Å². The molecule has 3 aromatic rings. The zero-order chi connectivity index (χ0) is 15.8. The standard InChI is InChI=1S/C17H13ClN2OS2/c18-15-6-5-14(23-15)16-19-13(10-22-16)17(21)20-8-7-11-3-1-2-4-12(11)9-20/h1-6,10H,7-9H2. The number of aromatic nitrogens is 1. The highest BCUT2D eigenvalue weighted by Crippen LogP contribution is 2.33. The third-order valence-corrected chi connectivity index (χ3v) is 6.17. The summed E-state index contributed by atoms with van der Waals surface area (Å²) in [5.74, 6) is 0.00431. The van der Waals surface area contributed by atoms with E-state index in [2.05, 4.69) is 23.2 Å². The fourth-order valence-corrected chi connectivity index (χ4v) is 4.65. The zero-order valence-electron chi connectivity index (χ0n) is 12.2. The van der Waals surface area contributed by atoms with Crippen LogP contribution >= 0.6 is 34.3 Å². The molecule has 0 saturated carbocycles. The van der Waals surface area contributed by atoms with Crippen molar-refractivity contribution in [3.8, 4) is 9.88 Å². The molecular weight excluding hydrogens is 348 g/mol. The van der Waals surface area contributed by atoms with Gasteiger partial charge in [-0.1, -0.05) is 35.9 Å². The summed E-state index contributed by atoms with van der Waals surface area (Å²) < 4.78 is 0.732. The number of benzene rings is 1. The quantitative estimate of drug-likeness (QED) is 0.662. The van der Waals surface area contributed by atoms with E-state index in [4.69, 9.17) is 11.6 Å². The molecule has 0 saturated heterocycles. The molecule has 0 N–H and O–H groups in total. The molecule has 6 heteroatoms. The van der Waals surface area contributed by atoms with Gasteiger partial charge in [0.05, 0.1) is 9.21 Å². The summed E-state index contributed by atoms with van der Waals surface area (Å²) in [6.45, 7) is 1.40. The van der Waals surface area contributed by atoms with Gasteiger partial charge in [-0.15, -0.1) is 22.7 Å². The average molecular weight is 361 g/mol. The number of carbonyl (C=O) groups is 1. The highest BCUT2D eigenvalue weighted by atomic mass is 35.5. The third-order valence-electron chi connectivity index (χ3n) is 3.93. The van der Waals surface area contributed by atoms with Gasteiger partial charge in [0.15, 0.2) is 0 Å². The van der Waals surface area contributed by atoms with E-state index in [9.17, 15) is 4.79 Å². The minimum Gasteiger partial charge on any atom is -0.333 e. The van der Waals surface area contributed by atoms with E-state index < -0.39 is 0 Å². The van der Waals surface area contributed by atoms with E-state index >= 15 is 0 Å². The van der Waals surface area contributed by atoms with Crippen LogP contribution in [0.5, 0.6) is 0 Å². The molecule has 3 heterocycles. The summed E-state index contributed by atoms with van der Waals surface area (Å²) in [7, 11) is 0. The molecule has 0 fully saturated rings. The molecule has 23 heavy (non-hydrogen) atoms. The van der Waals surface area contributed by atoms with Crippen LogP contribution < -0.4 is 0 Å². The Bertz CT molecular complexity index is 871. The molecule has 0 bridgehead atoms. The smallest absolute Gasteiger partial charge is 0.273 e. The highest BCUT2D eigenvalue weighted by molar-refractivity contribution is 7.23. The van der Waals surface area contributed by atoms with Crippen LogP contribution in [-0.4, -0.2) is 22.3 Å². The van der Waals surface area contributed by atoms with Gasteiger partial charge in [0.25, 0.3) is 5.91 Å². The summed E-state index contributed by atoms with van der Waals surface area (Å²) in [5.41, 5.74) is 3.09. The van der Waals surface area contributed by atoms with Gasteiger partial charge < -0.3 is 4.90 Å². The number of rotatable bonds is 2. The predicted octanol–water partition coefficient (Wildman–Crippen LogP) is 4.72. The van der Waals surface area contributed by atoms with Crippen LogP contribution in [0.3, 0.4) is 0 Å². The molecule has 0 aliphatic carbocycles. The Morgan fingerprint density at radius 3 is 2.78 bits per heavy atom. The molecule has 1 amide bonds. The molecule has 0 unspecified atom stereocenters. The minimum atomic E-state index is 0.00431. The second-order valence-corrected chi connectivity index (χ2v) is 7.96. The summed E-state index contributed by atoms with van der Waals surface area (Å²) >= 11 is 8.94. The van der Waals surface area contributed by atoms with E-state index in [1.807, 2.05) is 28.5 Å². The predicted molar refractivity (Wildman–Crippen MR) is 95.3 cm³/mol. The number of thiazole rings is 1. The van der Waals surface area contributed by atoms with E-state index in [-0.39, 0.29) is 5.91 Å². The Balaban J connectivity index is 1.55. The Kier molecular flexibility index (Phi) is 3.93. The van der Waals surface area contributed by atoms with Gasteiger partial charge in [-0.2, -0.15) is 0 Å². The summed E-state index contributed by atoms with van der Waals surface area (Å²) in [5, 5.41) is 2.69. The molecule has 116 valence electrons. The topological polar surface area (TPSA) is 33.2 Å². The number of hydrogen-bond donors (Lipinski definition) is 0. The first-order valence-electron chi connectivity index (χ1n) is 7.28. The van der Waals surface area contributed by atoms with Crippen LogP contribution in [0.1, 0.15) is 21.6 Å². The second-order valence-electron chi connectivity index (χ2n) is 5.39. The number of nitrogens with zero attached hydrogens (tertiary/aromatic N) is 2. The van der Waals surface area contributed by atoms with E-state index in [1.165, 1.54) is 33.8 Å². The number of thiophene rings is 1. The van der Waals surface area contributed by atoms with Crippen molar-refractivity contribution >= 4 is 40.2 Å². The SMILES string of the molecule is O=C(c1csc(-c2ccc(Cl)s2)n1)N1CCc2ccccc2C1. The fourth-order valence-electron chi connectivity index (χ4n) is 2.75. The van der Waals surface area contributed by atoms with Crippen LogP contribution in [0, 0.1) is 0 Å². The summed E-state index contributed by atoms with van der Waals surface area (Å²) in [6.07, 6.45) is 0.902. The molecule has 0 radical (unpaired) electrons. The Hall–Kier alpha value is -1.69. The molecular formula is C17H13ClN2OS2. The zero-order valence-corrected chi connectivity index (χ0v) is 14.5. The van der Waals surface area contributed by atoms with Crippen molar-refractivity contribution in [1.29, 1.82) is 0 Å². The van der Waals surface area contributed by atoms with Crippen molar-refractivity contribution in [2.24, 2.45) is 0 Å². The van der Waals surface area contributed by atoms with Crippen LogP contribution in [0.2, 0.25) is 4.34 Å². The summed E-state index contributed by atoms with van der Waals surface area (Å²) in [6, 6.07) is 12.1. The molecule has 1 aliphatic rings. The van der Waals surface area contributed by atoms with Crippen LogP contribution in [0.4, 0.5) is 0 Å². The Morgan fingerprint density at radius 2 is 2.00 bits per heavy atom. The average Bonchev–Trinajstić information content (AvgIpc) is 3.22. The molecule has 4 rings (SSSR count). The van der Waals surface area contributed by atoms with Gasteiger partial charge in [-0.25, -0.2) is 4.98 Å². The first-order chi connectivity index (χ1) is 11.2. The minimum absolute atomic E-state index is 0.00431. The largest absolute Gasteiger partial charge is 0.333 e. The van der Waals surface area contributed by atoms with Crippen molar-refractivity contribution < 1.29 is 4.79 Å². The number of carbonyl (C=O) groups excluding carboxylic acids is 1. The van der Waals surface area contributed by atoms with Crippen molar-refractivity contribution in [3.05, 3.63) is 62.9 Å². The lowest BCUT2D eigenvalue weighted by molar-refractivity contribution is 0.0729. The first-order valence-corrected chi connectivity index (χ1v) is 9.35. The van der Waals surface area contributed by atoms with Crippen molar-refractivity contribution in [1.82, 2.24) is 9.88 Å². The van der Waals surface area contributed by atoms with E-state index in [0.717, 1.165) is 27.2 Å². The van der Waals surface area contributed by atoms with E-state index in [0.29, 0.717) is 12.2 Å². The summed E-state index contributed by atoms with van der Waals surface area (Å²) in [4.78, 5) is 20.1.